The van der Waals surface area contributed by atoms with Crippen molar-refractivity contribution >= 4 is 41.6 Å². The van der Waals surface area contributed by atoms with Gasteiger partial charge >= 0.3 is 0 Å². The number of hydrogen-bond donors (Lipinski definition) is 4. The molecular formula is C27H21F3N6O3. The molecule has 1 unspecified atom stereocenters. The molecule has 3 heterocycles. The van der Waals surface area contributed by atoms with Crippen molar-refractivity contribution in [3.8, 4) is 0 Å². The Kier molecular flexibility index (Phi) is 7.10. The van der Waals surface area contributed by atoms with E-state index in [0.29, 0.717) is 22.5 Å². The maximum atomic E-state index is 14.9. The number of imidazole rings is 1. The Labute approximate surface area is 220 Å². The first-order chi connectivity index (χ1) is 18.8. The van der Waals surface area contributed by atoms with Crippen LogP contribution in [0.25, 0.3) is 17.7 Å². The maximum absolute atomic E-state index is 14.9. The number of benzene rings is 2. The Hall–Kier alpha value is -4.97. The summed E-state index contributed by atoms with van der Waals surface area (Å²) in [7, 11) is 0. The second-order valence-corrected chi connectivity index (χ2v) is 8.70. The molecule has 2 aliphatic rings. The zero-order valence-electron chi connectivity index (χ0n) is 20.2. The van der Waals surface area contributed by atoms with Crippen LogP contribution in [0.2, 0.25) is 0 Å². The number of aromatic nitrogens is 2. The number of H-pyrrole nitrogens is 1. The number of hydrogen-bond acceptors (Lipinski definition) is 6. The molecule has 4 N–H and O–H groups in total. The first-order valence-corrected chi connectivity index (χ1v) is 11.7. The Bertz CT molecular complexity index is 1560. The van der Waals surface area contributed by atoms with Gasteiger partial charge in [-0.1, -0.05) is 18.2 Å². The van der Waals surface area contributed by atoms with Gasteiger partial charge in [0.1, 0.15) is 5.82 Å². The standard InChI is InChI=1S/C27H21F3N6O3/c28-20-4-3-16(7-21(20)29)12-36-14-32-11-19(27(36)39)25(37)33-5-1-2-15-6-22(30)24-18(9-17-10-31-13-34-17)26(38)35-23(24)8-15/h1-4,6-11,13-14,27,39H,5,12H2,(H,31,34)(H,33,37)(H,35,38). The molecule has 0 radical (unpaired) electrons. The van der Waals surface area contributed by atoms with E-state index in [1.165, 1.54) is 48.2 Å². The molecule has 2 aliphatic heterocycles. The van der Waals surface area contributed by atoms with Crippen LogP contribution in [-0.2, 0) is 16.1 Å². The largest absolute Gasteiger partial charge is 0.369 e. The van der Waals surface area contributed by atoms with Crippen LogP contribution >= 0.6 is 0 Å². The van der Waals surface area contributed by atoms with Gasteiger partial charge in [-0.25, -0.2) is 23.1 Å². The second kappa shape index (κ2) is 10.8. The molecule has 2 aromatic carbocycles. The molecule has 3 aromatic rings. The zero-order valence-corrected chi connectivity index (χ0v) is 20.2. The maximum Gasteiger partial charge on any atom is 0.256 e. The van der Waals surface area contributed by atoms with Gasteiger partial charge in [0.05, 0.1) is 41.4 Å². The van der Waals surface area contributed by atoms with E-state index in [0.717, 1.165) is 12.1 Å². The van der Waals surface area contributed by atoms with E-state index in [4.69, 9.17) is 0 Å². The van der Waals surface area contributed by atoms with E-state index in [9.17, 15) is 27.9 Å². The van der Waals surface area contributed by atoms with Gasteiger partial charge in [-0.05, 0) is 41.5 Å². The monoisotopic (exact) mass is 534 g/mol. The molecule has 0 spiro atoms. The molecule has 39 heavy (non-hydrogen) atoms. The number of carbonyl (C=O) groups is 2. The molecule has 2 amide bonds. The first-order valence-electron chi connectivity index (χ1n) is 11.7. The van der Waals surface area contributed by atoms with Gasteiger partial charge in [-0.2, -0.15) is 0 Å². The lowest BCUT2D eigenvalue weighted by Gasteiger charge is -2.29. The number of aliphatic imine (C=N–C) groups is 1. The van der Waals surface area contributed by atoms with Crippen molar-refractivity contribution in [2.75, 3.05) is 11.9 Å². The Morgan fingerprint density at radius 2 is 2.00 bits per heavy atom. The Morgan fingerprint density at radius 1 is 1.15 bits per heavy atom. The minimum atomic E-state index is -1.36. The third-order valence-corrected chi connectivity index (χ3v) is 6.02. The third-order valence-electron chi connectivity index (χ3n) is 6.02. The summed E-state index contributed by atoms with van der Waals surface area (Å²) in [4.78, 5) is 37.0. The highest BCUT2D eigenvalue weighted by Crippen LogP contribution is 2.36. The molecule has 0 saturated heterocycles. The van der Waals surface area contributed by atoms with E-state index in [2.05, 4.69) is 25.6 Å². The van der Waals surface area contributed by atoms with E-state index >= 15 is 0 Å². The molecule has 0 fully saturated rings. The van der Waals surface area contributed by atoms with Gasteiger partial charge < -0.3 is 25.6 Å². The molecule has 1 atom stereocenters. The minimum absolute atomic E-state index is 0.00832. The number of nitrogens with zero attached hydrogens (tertiary/aromatic N) is 3. The van der Waals surface area contributed by atoms with E-state index in [1.54, 1.807) is 18.2 Å². The fourth-order valence-corrected chi connectivity index (χ4v) is 4.15. The lowest BCUT2D eigenvalue weighted by molar-refractivity contribution is -0.119. The van der Waals surface area contributed by atoms with E-state index in [1.807, 2.05) is 0 Å². The Balaban J connectivity index is 1.20. The zero-order chi connectivity index (χ0) is 27.5. The Morgan fingerprint density at radius 3 is 2.77 bits per heavy atom. The smallest absolute Gasteiger partial charge is 0.256 e. The van der Waals surface area contributed by atoms with Crippen LogP contribution in [0.1, 0.15) is 22.4 Å². The summed E-state index contributed by atoms with van der Waals surface area (Å²) in [6.07, 6.45) is 8.77. The van der Waals surface area contributed by atoms with Crippen molar-refractivity contribution in [2.45, 2.75) is 12.8 Å². The van der Waals surface area contributed by atoms with Crippen LogP contribution < -0.4 is 10.6 Å². The van der Waals surface area contributed by atoms with Crippen molar-refractivity contribution in [3.05, 3.63) is 101 Å². The number of aliphatic hydroxyl groups is 1. The highest BCUT2D eigenvalue weighted by atomic mass is 19.2. The minimum Gasteiger partial charge on any atom is -0.369 e. The normalized spacial score (nSPS) is 17.5. The number of fused-ring (bicyclic) bond motifs is 1. The number of aliphatic hydroxyl groups excluding tert-OH is 1. The molecule has 198 valence electrons. The molecule has 1 aromatic heterocycles. The summed E-state index contributed by atoms with van der Waals surface area (Å²) in [6, 6.07) is 6.23. The number of rotatable bonds is 7. The summed E-state index contributed by atoms with van der Waals surface area (Å²) >= 11 is 0. The van der Waals surface area contributed by atoms with Crippen LogP contribution in [0.3, 0.4) is 0 Å². The predicted molar refractivity (Wildman–Crippen MR) is 138 cm³/mol. The fourth-order valence-electron chi connectivity index (χ4n) is 4.15. The summed E-state index contributed by atoms with van der Waals surface area (Å²) in [5, 5.41) is 15.9. The lowest BCUT2D eigenvalue weighted by Crippen LogP contribution is -2.42. The third kappa shape index (κ3) is 5.50. The van der Waals surface area contributed by atoms with Gasteiger partial charge in [-0.15, -0.1) is 0 Å². The van der Waals surface area contributed by atoms with Crippen LogP contribution in [0.5, 0.6) is 0 Å². The second-order valence-electron chi connectivity index (χ2n) is 8.70. The average molecular weight is 534 g/mol. The van der Waals surface area contributed by atoms with E-state index in [-0.39, 0.29) is 29.8 Å². The average Bonchev–Trinajstić information content (AvgIpc) is 3.53. The van der Waals surface area contributed by atoms with Gasteiger partial charge in [0, 0.05) is 24.9 Å². The predicted octanol–water partition coefficient (Wildman–Crippen LogP) is 3.20. The molecule has 5 rings (SSSR count). The summed E-state index contributed by atoms with van der Waals surface area (Å²) in [5.41, 5.74) is 2.01. The number of amides is 2. The number of nitrogens with one attached hydrogen (secondary N) is 3. The van der Waals surface area contributed by atoms with E-state index < -0.39 is 35.5 Å². The van der Waals surface area contributed by atoms with Crippen molar-refractivity contribution in [1.29, 1.82) is 0 Å². The van der Waals surface area contributed by atoms with Crippen molar-refractivity contribution in [3.63, 3.8) is 0 Å². The van der Waals surface area contributed by atoms with Crippen molar-refractivity contribution < 1.29 is 27.9 Å². The molecular weight excluding hydrogens is 513 g/mol. The quantitative estimate of drug-likeness (QED) is 0.347. The number of aromatic amines is 1. The van der Waals surface area contributed by atoms with Crippen LogP contribution in [-0.4, -0.2) is 50.9 Å². The van der Waals surface area contributed by atoms with Crippen LogP contribution in [0.15, 0.2) is 65.7 Å². The molecule has 12 heteroatoms. The van der Waals surface area contributed by atoms with Crippen molar-refractivity contribution in [2.24, 2.45) is 4.99 Å². The van der Waals surface area contributed by atoms with Gasteiger partial charge in [0.25, 0.3) is 11.8 Å². The highest BCUT2D eigenvalue weighted by molar-refractivity contribution is 6.35. The van der Waals surface area contributed by atoms with Crippen LogP contribution in [0, 0.1) is 17.5 Å². The number of carbonyl (C=O) groups excluding carboxylic acids is 2. The summed E-state index contributed by atoms with van der Waals surface area (Å²) in [5.74, 6) is -3.63. The number of halogens is 3. The fraction of sp³-hybridized carbons (Fsp3) is 0.111. The lowest BCUT2D eigenvalue weighted by atomic mass is 10.0. The molecule has 0 bridgehead atoms. The van der Waals surface area contributed by atoms with Gasteiger partial charge in [-0.3, -0.25) is 9.59 Å². The number of anilines is 1. The van der Waals surface area contributed by atoms with Crippen molar-refractivity contribution in [1.82, 2.24) is 20.2 Å². The topological polar surface area (TPSA) is 123 Å². The summed E-state index contributed by atoms with van der Waals surface area (Å²) < 4.78 is 41.6. The molecule has 0 aliphatic carbocycles. The highest BCUT2D eigenvalue weighted by Gasteiger charge is 2.28. The SMILES string of the molecule is O=C1Nc2cc(C=CCNC(=O)C3=CN=CN(Cc4ccc(F)c(F)c4)C3O)cc(F)c2C1=Cc1cnc[nH]1. The summed E-state index contributed by atoms with van der Waals surface area (Å²) in [6.45, 7) is 0.0391. The van der Waals surface area contributed by atoms with Gasteiger partial charge in [0.15, 0.2) is 17.9 Å². The molecule has 9 nitrogen and oxygen atoms in total. The first kappa shape index (κ1) is 25.7. The molecule has 0 saturated carbocycles. The van der Waals surface area contributed by atoms with Crippen LogP contribution in [0.4, 0.5) is 18.9 Å². The van der Waals surface area contributed by atoms with Gasteiger partial charge in [0.2, 0.25) is 0 Å².